The molecule has 0 fully saturated rings. The van der Waals surface area contributed by atoms with E-state index in [2.05, 4.69) is 28.7 Å². The summed E-state index contributed by atoms with van der Waals surface area (Å²) in [5.74, 6) is 1.75. The lowest BCUT2D eigenvalue weighted by molar-refractivity contribution is 0.514. The highest BCUT2D eigenvalue weighted by Gasteiger charge is 1.99. The monoisotopic (exact) mass is 181 g/mol. The zero-order chi connectivity index (χ0) is 9.68. The lowest BCUT2D eigenvalue weighted by Crippen LogP contribution is -2.03. The SMILES string of the molecule is CNc1nccn1CCCC(C)C. The summed E-state index contributed by atoms with van der Waals surface area (Å²) < 4.78 is 2.16. The molecule has 0 aliphatic carbocycles. The summed E-state index contributed by atoms with van der Waals surface area (Å²) >= 11 is 0. The van der Waals surface area contributed by atoms with Crippen LogP contribution in [0.1, 0.15) is 26.7 Å². The Morgan fingerprint density at radius 3 is 2.92 bits per heavy atom. The Balaban J connectivity index is 2.36. The van der Waals surface area contributed by atoms with Gasteiger partial charge in [-0.25, -0.2) is 4.98 Å². The number of anilines is 1. The van der Waals surface area contributed by atoms with Gasteiger partial charge < -0.3 is 9.88 Å². The highest BCUT2D eigenvalue weighted by molar-refractivity contribution is 5.23. The van der Waals surface area contributed by atoms with Gasteiger partial charge >= 0.3 is 0 Å². The summed E-state index contributed by atoms with van der Waals surface area (Å²) in [5.41, 5.74) is 0. The minimum atomic E-state index is 0.793. The maximum Gasteiger partial charge on any atom is 0.202 e. The van der Waals surface area contributed by atoms with Gasteiger partial charge in [0, 0.05) is 26.0 Å². The van der Waals surface area contributed by atoms with Gasteiger partial charge in [-0.2, -0.15) is 0 Å². The van der Waals surface area contributed by atoms with Crippen LogP contribution >= 0.6 is 0 Å². The predicted molar refractivity (Wildman–Crippen MR) is 55.8 cm³/mol. The molecule has 0 unspecified atom stereocenters. The molecule has 0 saturated carbocycles. The molecular weight excluding hydrogens is 162 g/mol. The van der Waals surface area contributed by atoms with Crippen LogP contribution in [0.4, 0.5) is 5.95 Å². The second-order valence-corrected chi connectivity index (χ2v) is 3.73. The van der Waals surface area contributed by atoms with Gasteiger partial charge in [0.1, 0.15) is 0 Å². The molecule has 74 valence electrons. The van der Waals surface area contributed by atoms with Crippen LogP contribution in [0.2, 0.25) is 0 Å². The zero-order valence-electron chi connectivity index (χ0n) is 8.75. The van der Waals surface area contributed by atoms with Crippen LogP contribution in [0.25, 0.3) is 0 Å². The van der Waals surface area contributed by atoms with Gasteiger partial charge in [0.05, 0.1) is 0 Å². The first-order valence-corrected chi connectivity index (χ1v) is 4.93. The summed E-state index contributed by atoms with van der Waals surface area (Å²) in [7, 11) is 1.90. The number of hydrogen-bond donors (Lipinski definition) is 1. The Labute approximate surface area is 80.2 Å². The summed E-state index contributed by atoms with van der Waals surface area (Å²) in [6.45, 7) is 5.58. The largest absolute Gasteiger partial charge is 0.359 e. The highest BCUT2D eigenvalue weighted by atomic mass is 15.2. The molecule has 0 aliphatic heterocycles. The first-order valence-electron chi connectivity index (χ1n) is 4.93. The van der Waals surface area contributed by atoms with E-state index in [0.717, 1.165) is 18.4 Å². The molecule has 1 N–H and O–H groups in total. The van der Waals surface area contributed by atoms with E-state index in [1.54, 1.807) is 0 Å². The summed E-state index contributed by atoms with van der Waals surface area (Å²) in [4.78, 5) is 4.18. The number of aromatic nitrogens is 2. The van der Waals surface area contributed by atoms with Gasteiger partial charge in [-0.15, -0.1) is 0 Å². The molecule has 1 aromatic rings. The van der Waals surface area contributed by atoms with Crippen LogP contribution in [0, 0.1) is 5.92 Å². The lowest BCUT2D eigenvalue weighted by atomic mass is 10.1. The number of rotatable bonds is 5. The van der Waals surface area contributed by atoms with Crippen molar-refractivity contribution in [2.24, 2.45) is 5.92 Å². The fraction of sp³-hybridized carbons (Fsp3) is 0.700. The molecule has 1 rings (SSSR count). The Kier molecular flexibility index (Phi) is 3.80. The molecule has 0 bridgehead atoms. The molecule has 0 aliphatic rings. The predicted octanol–water partition coefficient (Wildman–Crippen LogP) is 2.36. The number of aryl methyl sites for hydroxylation is 1. The van der Waals surface area contributed by atoms with Crippen molar-refractivity contribution >= 4 is 5.95 Å². The van der Waals surface area contributed by atoms with Crippen LogP contribution in [0.5, 0.6) is 0 Å². The number of hydrogen-bond acceptors (Lipinski definition) is 2. The van der Waals surface area contributed by atoms with Crippen molar-refractivity contribution < 1.29 is 0 Å². The van der Waals surface area contributed by atoms with Gasteiger partial charge in [0.2, 0.25) is 5.95 Å². The first-order chi connectivity index (χ1) is 6.24. The minimum absolute atomic E-state index is 0.793. The highest BCUT2D eigenvalue weighted by Crippen LogP contribution is 2.08. The number of nitrogens with zero attached hydrogens (tertiary/aromatic N) is 2. The van der Waals surface area contributed by atoms with Crippen molar-refractivity contribution in [3.8, 4) is 0 Å². The van der Waals surface area contributed by atoms with Crippen molar-refractivity contribution in [2.75, 3.05) is 12.4 Å². The van der Waals surface area contributed by atoms with Gasteiger partial charge in [-0.1, -0.05) is 13.8 Å². The van der Waals surface area contributed by atoms with Crippen LogP contribution in [0.3, 0.4) is 0 Å². The Morgan fingerprint density at radius 2 is 2.31 bits per heavy atom. The van der Waals surface area contributed by atoms with E-state index in [-0.39, 0.29) is 0 Å². The zero-order valence-corrected chi connectivity index (χ0v) is 8.75. The van der Waals surface area contributed by atoms with E-state index < -0.39 is 0 Å². The molecule has 0 aromatic carbocycles. The van der Waals surface area contributed by atoms with Crippen molar-refractivity contribution in [3.05, 3.63) is 12.4 Å². The third-order valence-electron chi connectivity index (χ3n) is 2.12. The normalized spacial score (nSPS) is 10.8. The van der Waals surface area contributed by atoms with E-state index >= 15 is 0 Å². The standard InChI is InChI=1S/C10H19N3/c1-9(2)5-4-7-13-8-6-12-10(13)11-3/h6,8-9H,4-5,7H2,1-3H3,(H,11,12). The van der Waals surface area contributed by atoms with E-state index in [4.69, 9.17) is 0 Å². The second-order valence-electron chi connectivity index (χ2n) is 3.73. The number of imidazole rings is 1. The Morgan fingerprint density at radius 1 is 1.54 bits per heavy atom. The molecule has 0 radical (unpaired) electrons. The molecule has 1 heterocycles. The molecule has 13 heavy (non-hydrogen) atoms. The van der Waals surface area contributed by atoms with Gasteiger partial charge in [0.15, 0.2) is 0 Å². The molecule has 0 atom stereocenters. The summed E-state index contributed by atoms with van der Waals surface area (Å²) in [6, 6.07) is 0. The maximum absolute atomic E-state index is 4.18. The van der Waals surface area contributed by atoms with Crippen LogP contribution in [-0.2, 0) is 6.54 Å². The average Bonchev–Trinajstić information content (AvgIpc) is 2.51. The third kappa shape index (κ3) is 3.09. The second kappa shape index (κ2) is 4.90. The maximum atomic E-state index is 4.18. The average molecular weight is 181 g/mol. The van der Waals surface area contributed by atoms with Crippen molar-refractivity contribution in [1.82, 2.24) is 9.55 Å². The molecule has 3 nitrogen and oxygen atoms in total. The molecule has 0 spiro atoms. The minimum Gasteiger partial charge on any atom is -0.359 e. The van der Waals surface area contributed by atoms with Crippen molar-refractivity contribution in [3.63, 3.8) is 0 Å². The summed E-state index contributed by atoms with van der Waals surface area (Å²) in [5, 5.41) is 3.07. The third-order valence-corrected chi connectivity index (χ3v) is 2.12. The van der Waals surface area contributed by atoms with Crippen LogP contribution in [-0.4, -0.2) is 16.6 Å². The quantitative estimate of drug-likeness (QED) is 0.755. The van der Waals surface area contributed by atoms with Gasteiger partial charge in [-0.3, -0.25) is 0 Å². The molecule has 3 heteroatoms. The summed E-state index contributed by atoms with van der Waals surface area (Å²) in [6.07, 6.45) is 6.36. The molecule has 1 aromatic heterocycles. The smallest absolute Gasteiger partial charge is 0.202 e. The lowest BCUT2D eigenvalue weighted by Gasteiger charge is -2.08. The Bertz CT molecular complexity index is 240. The molecule has 0 saturated heterocycles. The van der Waals surface area contributed by atoms with Crippen LogP contribution < -0.4 is 5.32 Å². The van der Waals surface area contributed by atoms with Crippen LogP contribution in [0.15, 0.2) is 12.4 Å². The van der Waals surface area contributed by atoms with E-state index in [1.165, 1.54) is 12.8 Å². The molecular formula is C10H19N3. The van der Waals surface area contributed by atoms with E-state index in [1.807, 2.05) is 19.4 Å². The fourth-order valence-corrected chi connectivity index (χ4v) is 1.39. The van der Waals surface area contributed by atoms with Crippen molar-refractivity contribution in [2.45, 2.75) is 33.2 Å². The van der Waals surface area contributed by atoms with E-state index in [9.17, 15) is 0 Å². The van der Waals surface area contributed by atoms with Crippen molar-refractivity contribution in [1.29, 1.82) is 0 Å². The van der Waals surface area contributed by atoms with Gasteiger partial charge in [0.25, 0.3) is 0 Å². The van der Waals surface area contributed by atoms with E-state index in [0.29, 0.717) is 0 Å². The first kappa shape index (κ1) is 10.1. The fourth-order valence-electron chi connectivity index (χ4n) is 1.39. The molecule has 0 amide bonds. The topological polar surface area (TPSA) is 29.9 Å². The van der Waals surface area contributed by atoms with Gasteiger partial charge in [-0.05, 0) is 18.8 Å². The number of nitrogens with one attached hydrogen (secondary N) is 1. The Hall–Kier alpha value is -0.990.